The molecule has 0 spiro atoms. The normalized spacial score (nSPS) is 17.4. The fourth-order valence-corrected chi connectivity index (χ4v) is 5.19. The first kappa shape index (κ1) is 24.5. The van der Waals surface area contributed by atoms with E-state index >= 15 is 0 Å². The number of carbonyl (C=O) groups is 3. The maximum atomic E-state index is 13.7. The molecule has 192 valence electrons. The molecular formula is C28H32N6O3. The lowest BCUT2D eigenvalue weighted by Crippen LogP contribution is -2.59. The quantitative estimate of drug-likeness (QED) is 0.578. The number of aryl methyl sites for hydroxylation is 1. The number of piperazine rings is 1. The van der Waals surface area contributed by atoms with Crippen molar-refractivity contribution >= 4 is 17.8 Å². The number of fused-ring (bicyclic) bond motifs is 1. The van der Waals surface area contributed by atoms with Crippen molar-refractivity contribution in [3.05, 3.63) is 89.0 Å². The molecule has 37 heavy (non-hydrogen) atoms. The predicted octanol–water partition coefficient (Wildman–Crippen LogP) is 1.96. The van der Waals surface area contributed by atoms with Crippen molar-refractivity contribution in [1.29, 1.82) is 0 Å². The van der Waals surface area contributed by atoms with Gasteiger partial charge in [0.05, 0.1) is 30.7 Å². The number of imidazole rings is 1. The first-order valence-electron chi connectivity index (χ1n) is 12.6. The fourth-order valence-electron chi connectivity index (χ4n) is 5.19. The second-order valence-electron chi connectivity index (χ2n) is 9.75. The Kier molecular flexibility index (Phi) is 6.94. The minimum Gasteiger partial charge on any atom is -0.351 e. The van der Waals surface area contributed by atoms with Crippen molar-refractivity contribution in [2.45, 2.75) is 38.9 Å². The summed E-state index contributed by atoms with van der Waals surface area (Å²) in [5, 5.41) is 0. The lowest BCUT2D eigenvalue weighted by atomic mass is 9.99. The van der Waals surface area contributed by atoms with Crippen LogP contribution in [0.15, 0.2) is 60.9 Å². The molecule has 2 aliphatic heterocycles. The second-order valence-corrected chi connectivity index (χ2v) is 9.75. The van der Waals surface area contributed by atoms with Crippen molar-refractivity contribution in [1.82, 2.24) is 24.3 Å². The third-order valence-corrected chi connectivity index (χ3v) is 7.42. The summed E-state index contributed by atoms with van der Waals surface area (Å²) in [5.74, 6) is -0.195. The van der Waals surface area contributed by atoms with E-state index in [2.05, 4.69) is 28.6 Å². The summed E-state index contributed by atoms with van der Waals surface area (Å²) in [6.45, 7) is 4.64. The number of hydrogen-bond acceptors (Lipinski definition) is 4. The van der Waals surface area contributed by atoms with E-state index in [1.54, 1.807) is 9.80 Å². The molecule has 2 N–H and O–H groups in total. The van der Waals surface area contributed by atoms with Crippen LogP contribution < -0.4 is 5.73 Å². The van der Waals surface area contributed by atoms with Gasteiger partial charge in [0.15, 0.2) is 0 Å². The zero-order valence-corrected chi connectivity index (χ0v) is 21.0. The topological polar surface area (TPSA) is 105 Å². The van der Waals surface area contributed by atoms with Crippen LogP contribution in [0, 0.1) is 6.92 Å². The van der Waals surface area contributed by atoms with Gasteiger partial charge < -0.3 is 25.0 Å². The molecule has 1 unspecified atom stereocenters. The van der Waals surface area contributed by atoms with Crippen LogP contribution in [-0.4, -0.2) is 74.3 Å². The van der Waals surface area contributed by atoms with Gasteiger partial charge in [-0.15, -0.1) is 0 Å². The van der Waals surface area contributed by atoms with Gasteiger partial charge in [0.25, 0.3) is 0 Å². The summed E-state index contributed by atoms with van der Waals surface area (Å²) < 4.78 is 2.09. The molecule has 3 heterocycles. The first-order valence-corrected chi connectivity index (χ1v) is 12.6. The number of primary amides is 1. The van der Waals surface area contributed by atoms with Crippen LogP contribution in [0.1, 0.15) is 28.1 Å². The fraction of sp³-hybridized carbons (Fsp3) is 0.357. The smallest absolute Gasteiger partial charge is 0.314 e. The van der Waals surface area contributed by atoms with Gasteiger partial charge >= 0.3 is 6.03 Å². The van der Waals surface area contributed by atoms with Crippen molar-refractivity contribution in [3.8, 4) is 0 Å². The van der Waals surface area contributed by atoms with Crippen LogP contribution in [0.2, 0.25) is 0 Å². The van der Waals surface area contributed by atoms with Gasteiger partial charge in [0.2, 0.25) is 11.8 Å². The van der Waals surface area contributed by atoms with E-state index in [4.69, 9.17) is 5.73 Å². The second kappa shape index (κ2) is 10.5. The van der Waals surface area contributed by atoms with Gasteiger partial charge in [0.1, 0.15) is 6.04 Å². The third-order valence-electron chi connectivity index (χ3n) is 7.42. The highest BCUT2D eigenvalue weighted by Crippen LogP contribution is 2.26. The highest BCUT2D eigenvalue weighted by molar-refractivity contribution is 5.89. The highest BCUT2D eigenvalue weighted by Gasteiger charge is 2.39. The van der Waals surface area contributed by atoms with Crippen LogP contribution in [0.3, 0.4) is 0 Å². The maximum absolute atomic E-state index is 13.7. The summed E-state index contributed by atoms with van der Waals surface area (Å²) >= 11 is 0. The van der Waals surface area contributed by atoms with E-state index < -0.39 is 12.1 Å². The summed E-state index contributed by atoms with van der Waals surface area (Å²) in [6.07, 6.45) is 2.41. The Morgan fingerprint density at radius 2 is 1.62 bits per heavy atom. The average molecular weight is 501 g/mol. The molecule has 2 aliphatic rings. The molecule has 9 heteroatoms. The van der Waals surface area contributed by atoms with E-state index in [-0.39, 0.29) is 18.2 Å². The predicted molar refractivity (Wildman–Crippen MR) is 138 cm³/mol. The van der Waals surface area contributed by atoms with E-state index in [1.165, 1.54) is 16.0 Å². The Morgan fingerprint density at radius 3 is 2.32 bits per heavy atom. The van der Waals surface area contributed by atoms with Gasteiger partial charge in [-0.05, 0) is 23.6 Å². The molecule has 1 fully saturated rings. The average Bonchev–Trinajstić information content (AvgIpc) is 3.31. The van der Waals surface area contributed by atoms with Gasteiger partial charge in [-0.1, -0.05) is 54.6 Å². The minimum absolute atomic E-state index is 0.0883. The van der Waals surface area contributed by atoms with Crippen molar-refractivity contribution < 1.29 is 14.4 Å². The molecule has 4 amide bonds. The molecular weight excluding hydrogens is 468 g/mol. The number of nitrogens with two attached hydrogens (primary N) is 1. The number of hydrogen-bond donors (Lipinski definition) is 1. The van der Waals surface area contributed by atoms with Crippen LogP contribution in [0.4, 0.5) is 4.79 Å². The molecule has 3 aromatic rings. The summed E-state index contributed by atoms with van der Waals surface area (Å²) in [7, 11) is 0. The van der Waals surface area contributed by atoms with Gasteiger partial charge in [-0.25, -0.2) is 9.78 Å². The van der Waals surface area contributed by atoms with Crippen LogP contribution in [-0.2, 0) is 35.5 Å². The zero-order chi connectivity index (χ0) is 25.9. The van der Waals surface area contributed by atoms with Crippen LogP contribution in [0.5, 0.6) is 0 Å². The Bertz CT molecular complexity index is 1300. The Morgan fingerprint density at radius 1 is 0.946 bits per heavy atom. The van der Waals surface area contributed by atoms with Crippen molar-refractivity contribution in [2.24, 2.45) is 5.73 Å². The molecule has 5 rings (SSSR count). The molecule has 9 nitrogen and oxygen atoms in total. The summed E-state index contributed by atoms with van der Waals surface area (Å²) in [5.41, 5.74) is 10.5. The van der Waals surface area contributed by atoms with E-state index in [0.717, 1.165) is 17.0 Å². The number of nitrogens with zero attached hydrogens (tertiary/aromatic N) is 5. The van der Waals surface area contributed by atoms with Crippen LogP contribution in [0.25, 0.3) is 0 Å². The van der Waals surface area contributed by atoms with Gasteiger partial charge in [0, 0.05) is 39.1 Å². The molecule has 1 saturated heterocycles. The number of benzene rings is 2. The Balaban J connectivity index is 1.41. The molecule has 2 aromatic carbocycles. The Hall–Kier alpha value is -4.14. The summed E-state index contributed by atoms with van der Waals surface area (Å²) in [4.78, 5) is 48.5. The lowest BCUT2D eigenvalue weighted by molar-refractivity contribution is -0.147. The monoisotopic (exact) mass is 500 g/mol. The standard InChI is InChI=1S/C28H32N6O3/c1-20-7-5-6-10-22(20)17-33-19-30-23-16-24(27(36)31-11-13-32(14-12-31)28(29)37)34(18-25(23)33)26(35)15-21-8-3-2-4-9-21/h2-10,19,24H,11-18H2,1H3,(H2,29,37). The van der Waals surface area contributed by atoms with E-state index in [1.807, 2.05) is 48.8 Å². The first-order chi connectivity index (χ1) is 17.9. The molecule has 0 saturated carbocycles. The van der Waals surface area contributed by atoms with E-state index in [0.29, 0.717) is 45.7 Å². The van der Waals surface area contributed by atoms with Gasteiger partial charge in [-0.2, -0.15) is 0 Å². The Labute approximate surface area is 216 Å². The van der Waals surface area contributed by atoms with Crippen molar-refractivity contribution in [3.63, 3.8) is 0 Å². The SMILES string of the molecule is Cc1ccccc1Cn1cnc2c1CN(C(=O)Cc1ccccc1)C(C(=O)N1CCN(C(N)=O)CC1)C2. The third kappa shape index (κ3) is 5.21. The molecule has 0 aliphatic carbocycles. The molecule has 1 aromatic heterocycles. The number of rotatable bonds is 5. The van der Waals surface area contributed by atoms with Gasteiger partial charge in [-0.3, -0.25) is 9.59 Å². The largest absolute Gasteiger partial charge is 0.351 e. The van der Waals surface area contributed by atoms with E-state index in [9.17, 15) is 14.4 Å². The highest BCUT2D eigenvalue weighted by atomic mass is 16.2. The minimum atomic E-state index is -0.634. The number of aromatic nitrogens is 2. The molecule has 0 radical (unpaired) electrons. The molecule has 1 atom stereocenters. The number of amides is 4. The number of urea groups is 1. The molecule has 0 bridgehead atoms. The van der Waals surface area contributed by atoms with Crippen molar-refractivity contribution in [2.75, 3.05) is 26.2 Å². The van der Waals surface area contributed by atoms with Crippen LogP contribution >= 0.6 is 0 Å². The zero-order valence-electron chi connectivity index (χ0n) is 21.0. The lowest BCUT2D eigenvalue weighted by Gasteiger charge is -2.40. The maximum Gasteiger partial charge on any atom is 0.314 e. The summed E-state index contributed by atoms with van der Waals surface area (Å²) in [6, 6.07) is 16.7. The number of carbonyl (C=O) groups excluding carboxylic acids is 3.